The number of carbonyl (C=O) groups is 1. The Morgan fingerprint density at radius 3 is 2.29 bits per heavy atom. The molecule has 0 unspecified atom stereocenters. The minimum atomic E-state index is -3.90. The second kappa shape index (κ2) is 6.26. The lowest BCUT2D eigenvalue weighted by molar-refractivity contribution is 0.0744. The number of hydrogen-bond donors (Lipinski definition) is 0. The van der Waals surface area contributed by atoms with Gasteiger partial charge in [0, 0.05) is 34.3 Å². The number of halogens is 2. The van der Waals surface area contributed by atoms with E-state index in [0.717, 1.165) is 0 Å². The molecule has 0 radical (unpaired) electrons. The third-order valence-corrected chi connectivity index (χ3v) is 4.78. The summed E-state index contributed by atoms with van der Waals surface area (Å²) in [5.41, 5.74) is 0.639. The Bertz CT molecular complexity index is 666. The fourth-order valence-corrected chi connectivity index (χ4v) is 3.95. The standard InChI is InChI=1S/C14H19BrClNO3S/c1-9-11(13(18)17(5)8-14(2,3)4)6-10(15)7-12(9)21(16,19)20/h6-7H,8H2,1-5H3. The molecule has 0 aliphatic heterocycles. The van der Waals surface area contributed by atoms with E-state index in [9.17, 15) is 13.2 Å². The molecule has 0 bridgehead atoms. The first-order chi connectivity index (χ1) is 9.33. The first-order valence-corrected chi connectivity index (χ1v) is 9.43. The Kier molecular flexibility index (Phi) is 5.51. The van der Waals surface area contributed by atoms with Gasteiger partial charge in [-0.25, -0.2) is 8.42 Å². The van der Waals surface area contributed by atoms with Gasteiger partial charge in [-0.1, -0.05) is 36.7 Å². The summed E-state index contributed by atoms with van der Waals surface area (Å²) in [7, 11) is 3.22. The molecular formula is C14H19BrClNO3S. The summed E-state index contributed by atoms with van der Waals surface area (Å²) in [4.78, 5) is 14.1. The predicted molar refractivity (Wildman–Crippen MR) is 88.3 cm³/mol. The Morgan fingerprint density at radius 1 is 1.33 bits per heavy atom. The average molecular weight is 397 g/mol. The van der Waals surface area contributed by atoms with Gasteiger partial charge in [-0.2, -0.15) is 0 Å². The lowest BCUT2D eigenvalue weighted by Gasteiger charge is -2.27. The Hall–Kier alpha value is -0.590. The van der Waals surface area contributed by atoms with Gasteiger partial charge in [-0.3, -0.25) is 4.79 Å². The molecule has 1 aromatic rings. The molecule has 0 aliphatic rings. The van der Waals surface area contributed by atoms with Gasteiger partial charge >= 0.3 is 0 Å². The quantitative estimate of drug-likeness (QED) is 0.730. The van der Waals surface area contributed by atoms with Crippen LogP contribution >= 0.6 is 26.6 Å². The maximum absolute atomic E-state index is 12.5. The van der Waals surface area contributed by atoms with Crippen molar-refractivity contribution >= 4 is 41.6 Å². The van der Waals surface area contributed by atoms with Crippen molar-refractivity contribution in [2.75, 3.05) is 13.6 Å². The van der Waals surface area contributed by atoms with Gasteiger partial charge in [0.05, 0.1) is 4.90 Å². The lowest BCUT2D eigenvalue weighted by atomic mass is 9.95. The van der Waals surface area contributed by atoms with E-state index in [4.69, 9.17) is 10.7 Å². The smallest absolute Gasteiger partial charge is 0.261 e. The molecule has 0 aliphatic carbocycles. The molecule has 1 aromatic carbocycles. The second-order valence-electron chi connectivity index (χ2n) is 6.24. The van der Waals surface area contributed by atoms with Crippen molar-refractivity contribution in [2.24, 2.45) is 5.41 Å². The van der Waals surface area contributed by atoms with Crippen LogP contribution in [0.4, 0.5) is 0 Å². The highest BCUT2D eigenvalue weighted by Crippen LogP contribution is 2.28. The molecule has 4 nitrogen and oxygen atoms in total. The number of nitrogens with zero attached hydrogens (tertiary/aromatic N) is 1. The minimum Gasteiger partial charge on any atom is -0.341 e. The van der Waals surface area contributed by atoms with E-state index in [0.29, 0.717) is 22.1 Å². The zero-order valence-corrected chi connectivity index (χ0v) is 15.9. The summed E-state index contributed by atoms with van der Waals surface area (Å²) in [6, 6.07) is 3.01. The van der Waals surface area contributed by atoms with Gasteiger partial charge in [0.15, 0.2) is 0 Å². The summed E-state index contributed by atoms with van der Waals surface area (Å²) in [6.07, 6.45) is 0. The number of hydrogen-bond acceptors (Lipinski definition) is 3. The molecule has 0 saturated heterocycles. The van der Waals surface area contributed by atoms with Crippen LogP contribution in [0.3, 0.4) is 0 Å². The molecule has 0 heterocycles. The van der Waals surface area contributed by atoms with Crippen molar-refractivity contribution < 1.29 is 13.2 Å². The van der Waals surface area contributed by atoms with Gasteiger partial charge in [-0.05, 0) is 30.0 Å². The molecule has 0 spiro atoms. The van der Waals surface area contributed by atoms with Crippen molar-refractivity contribution in [3.8, 4) is 0 Å². The van der Waals surface area contributed by atoms with Crippen LogP contribution in [0.15, 0.2) is 21.5 Å². The minimum absolute atomic E-state index is 0.0499. The van der Waals surface area contributed by atoms with Crippen molar-refractivity contribution in [3.05, 3.63) is 27.7 Å². The third kappa shape index (κ3) is 4.97. The Balaban J connectivity index is 3.32. The highest BCUT2D eigenvalue weighted by molar-refractivity contribution is 9.10. The van der Waals surface area contributed by atoms with Crippen LogP contribution < -0.4 is 0 Å². The van der Waals surface area contributed by atoms with Crippen LogP contribution in [-0.4, -0.2) is 32.8 Å². The van der Waals surface area contributed by atoms with E-state index in [2.05, 4.69) is 15.9 Å². The number of rotatable bonds is 3. The fourth-order valence-electron chi connectivity index (χ4n) is 2.12. The van der Waals surface area contributed by atoms with Gasteiger partial charge in [-0.15, -0.1) is 0 Å². The van der Waals surface area contributed by atoms with Crippen molar-refractivity contribution in [2.45, 2.75) is 32.6 Å². The van der Waals surface area contributed by atoms with E-state index >= 15 is 0 Å². The maximum atomic E-state index is 12.5. The van der Waals surface area contributed by atoms with Crippen LogP contribution in [0, 0.1) is 12.3 Å². The fraction of sp³-hybridized carbons (Fsp3) is 0.500. The normalized spacial score (nSPS) is 12.3. The molecule has 0 atom stereocenters. The van der Waals surface area contributed by atoms with Gasteiger partial charge < -0.3 is 4.90 Å². The SMILES string of the molecule is Cc1c(C(=O)N(C)CC(C)(C)C)cc(Br)cc1S(=O)(=O)Cl. The molecule has 0 saturated carbocycles. The highest BCUT2D eigenvalue weighted by atomic mass is 79.9. The molecule has 0 N–H and O–H groups in total. The topological polar surface area (TPSA) is 54.5 Å². The predicted octanol–water partition coefficient (Wildman–Crippen LogP) is 3.80. The molecule has 7 heteroatoms. The maximum Gasteiger partial charge on any atom is 0.261 e. The number of benzene rings is 1. The summed E-state index contributed by atoms with van der Waals surface area (Å²) in [5.74, 6) is -0.231. The van der Waals surface area contributed by atoms with E-state index in [-0.39, 0.29) is 16.2 Å². The monoisotopic (exact) mass is 395 g/mol. The van der Waals surface area contributed by atoms with Crippen LogP contribution in [0.25, 0.3) is 0 Å². The largest absolute Gasteiger partial charge is 0.341 e. The van der Waals surface area contributed by atoms with E-state index in [1.54, 1.807) is 24.9 Å². The first kappa shape index (κ1) is 18.5. The molecule has 1 rings (SSSR count). The number of carbonyl (C=O) groups excluding carboxylic acids is 1. The second-order valence-corrected chi connectivity index (χ2v) is 9.69. The zero-order chi connectivity index (χ0) is 16.6. The van der Waals surface area contributed by atoms with E-state index in [1.165, 1.54) is 6.07 Å². The summed E-state index contributed by atoms with van der Waals surface area (Å²) >= 11 is 3.22. The molecule has 0 aromatic heterocycles. The zero-order valence-electron chi connectivity index (χ0n) is 12.7. The first-order valence-electron chi connectivity index (χ1n) is 6.33. The van der Waals surface area contributed by atoms with Crippen LogP contribution in [0.2, 0.25) is 0 Å². The molecule has 21 heavy (non-hydrogen) atoms. The van der Waals surface area contributed by atoms with Crippen LogP contribution in [-0.2, 0) is 9.05 Å². The number of amides is 1. The van der Waals surface area contributed by atoms with Crippen molar-refractivity contribution in [3.63, 3.8) is 0 Å². The van der Waals surface area contributed by atoms with Crippen molar-refractivity contribution in [1.29, 1.82) is 0 Å². The molecule has 118 valence electrons. The lowest BCUT2D eigenvalue weighted by Crippen LogP contribution is -2.35. The molecule has 1 amide bonds. The summed E-state index contributed by atoms with van der Waals surface area (Å²) in [5, 5.41) is 0. The van der Waals surface area contributed by atoms with Gasteiger partial charge in [0.25, 0.3) is 15.0 Å². The van der Waals surface area contributed by atoms with Crippen LogP contribution in [0.5, 0.6) is 0 Å². The molecular weight excluding hydrogens is 378 g/mol. The van der Waals surface area contributed by atoms with Crippen LogP contribution in [0.1, 0.15) is 36.7 Å². The Labute approximate surface area is 139 Å². The van der Waals surface area contributed by atoms with E-state index < -0.39 is 9.05 Å². The van der Waals surface area contributed by atoms with Crippen molar-refractivity contribution in [1.82, 2.24) is 4.90 Å². The van der Waals surface area contributed by atoms with Gasteiger partial charge in [0.1, 0.15) is 0 Å². The summed E-state index contributed by atoms with van der Waals surface area (Å²) < 4.78 is 23.7. The third-order valence-electron chi connectivity index (χ3n) is 2.88. The van der Waals surface area contributed by atoms with Gasteiger partial charge in [0.2, 0.25) is 0 Å². The summed E-state index contributed by atoms with van der Waals surface area (Å²) in [6.45, 7) is 8.22. The highest BCUT2D eigenvalue weighted by Gasteiger charge is 2.24. The molecule has 0 fully saturated rings. The Morgan fingerprint density at radius 2 is 1.86 bits per heavy atom. The average Bonchev–Trinajstić information content (AvgIpc) is 2.27. The van der Waals surface area contributed by atoms with E-state index in [1.807, 2.05) is 20.8 Å².